The number of aliphatic imine (C=N–C) groups is 1. The van der Waals surface area contributed by atoms with Gasteiger partial charge in [-0.15, -0.1) is 0 Å². The van der Waals surface area contributed by atoms with E-state index in [0.717, 1.165) is 35.2 Å². The Bertz CT molecular complexity index is 1420. The number of rotatable bonds is 8. The number of aryl methyl sites for hydroxylation is 1. The van der Waals surface area contributed by atoms with Crippen LogP contribution < -0.4 is 0 Å². The fourth-order valence-electron chi connectivity index (χ4n) is 5.57. The molecule has 2 aromatic carbocycles. The number of ether oxygens (including phenoxy) is 2. The molecule has 41 heavy (non-hydrogen) atoms. The second-order valence-corrected chi connectivity index (χ2v) is 11.1. The topological polar surface area (TPSA) is 88.5 Å². The first-order chi connectivity index (χ1) is 19.9. The minimum atomic E-state index is -0.528. The molecule has 9 heteroatoms. The average molecular weight is 574 g/mol. The molecule has 2 atom stereocenters. The zero-order valence-electron chi connectivity index (χ0n) is 23.7. The van der Waals surface area contributed by atoms with E-state index in [-0.39, 0.29) is 30.8 Å². The largest absolute Gasteiger partial charge is 0.466 e. The predicted octanol–water partition coefficient (Wildman–Crippen LogP) is 5.46. The third kappa shape index (κ3) is 6.10. The molecule has 3 aliphatic rings. The first kappa shape index (κ1) is 28.7. The first-order valence-corrected chi connectivity index (χ1v) is 15.0. The predicted molar refractivity (Wildman–Crippen MR) is 159 cm³/mol. The maximum absolute atomic E-state index is 13.6. The van der Waals surface area contributed by atoms with Crippen molar-refractivity contribution in [3.8, 4) is 0 Å². The van der Waals surface area contributed by atoms with Gasteiger partial charge in [-0.1, -0.05) is 71.9 Å². The number of hydrogen-bond acceptors (Lipinski definition) is 8. The summed E-state index contributed by atoms with van der Waals surface area (Å²) in [6.45, 7) is 7.11. The number of esters is 2. The Morgan fingerprint density at radius 3 is 2.54 bits per heavy atom. The van der Waals surface area contributed by atoms with Crippen LogP contribution in [-0.4, -0.2) is 59.1 Å². The van der Waals surface area contributed by atoms with E-state index in [0.29, 0.717) is 36.1 Å². The molecule has 214 valence electrons. The fraction of sp³-hybridized carbons (Fsp3) is 0.375. The average Bonchev–Trinajstić information content (AvgIpc) is 3.39. The third-order valence-electron chi connectivity index (χ3n) is 7.44. The van der Waals surface area contributed by atoms with Crippen molar-refractivity contribution < 1.29 is 23.9 Å². The summed E-state index contributed by atoms with van der Waals surface area (Å²) < 4.78 is 10.8. The molecule has 1 saturated heterocycles. The zero-order chi connectivity index (χ0) is 28.9. The van der Waals surface area contributed by atoms with Gasteiger partial charge in [0, 0.05) is 24.4 Å². The molecular formula is C32H35N3O5S. The van der Waals surface area contributed by atoms with Gasteiger partial charge in [0.05, 0.1) is 42.9 Å². The summed E-state index contributed by atoms with van der Waals surface area (Å²) >= 11 is 1.45. The van der Waals surface area contributed by atoms with Gasteiger partial charge in [-0.2, -0.15) is 0 Å². The molecule has 0 unspecified atom stereocenters. The monoisotopic (exact) mass is 573 g/mol. The lowest BCUT2D eigenvalue weighted by Gasteiger charge is -2.38. The van der Waals surface area contributed by atoms with Crippen LogP contribution in [0.1, 0.15) is 55.8 Å². The van der Waals surface area contributed by atoms with Crippen molar-refractivity contribution in [2.24, 2.45) is 10.9 Å². The van der Waals surface area contributed by atoms with Gasteiger partial charge in [-0.05, 0) is 44.6 Å². The van der Waals surface area contributed by atoms with E-state index >= 15 is 0 Å². The summed E-state index contributed by atoms with van der Waals surface area (Å²) in [5.41, 5.74) is 4.57. The molecule has 0 N–H and O–H groups in total. The molecule has 0 aliphatic carbocycles. The van der Waals surface area contributed by atoms with Crippen LogP contribution in [-0.2, 0) is 23.9 Å². The summed E-state index contributed by atoms with van der Waals surface area (Å²) in [6.07, 6.45) is 1.59. The molecule has 3 aliphatic heterocycles. The highest BCUT2D eigenvalue weighted by atomic mass is 32.2. The van der Waals surface area contributed by atoms with Crippen LogP contribution in [0.25, 0.3) is 5.70 Å². The second-order valence-electron chi connectivity index (χ2n) is 10.3. The van der Waals surface area contributed by atoms with E-state index in [4.69, 9.17) is 14.5 Å². The van der Waals surface area contributed by atoms with Crippen molar-refractivity contribution in [3.05, 3.63) is 88.0 Å². The van der Waals surface area contributed by atoms with Gasteiger partial charge >= 0.3 is 11.9 Å². The first-order valence-electron chi connectivity index (χ1n) is 14.1. The van der Waals surface area contributed by atoms with Crippen LogP contribution in [0.3, 0.4) is 0 Å². The van der Waals surface area contributed by atoms with Crippen molar-refractivity contribution in [3.63, 3.8) is 0 Å². The normalized spacial score (nSPS) is 20.3. The molecule has 0 spiro atoms. The molecular weight excluding hydrogens is 538 g/mol. The summed E-state index contributed by atoms with van der Waals surface area (Å²) in [7, 11) is 0. The Hall–Kier alpha value is -3.85. The smallest absolute Gasteiger partial charge is 0.338 e. The van der Waals surface area contributed by atoms with E-state index in [9.17, 15) is 14.4 Å². The van der Waals surface area contributed by atoms with Gasteiger partial charge in [-0.25, -0.2) is 9.79 Å². The number of carbonyl (C=O) groups excluding carboxylic acids is 3. The maximum Gasteiger partial charge on any atom is 0.338 e. The number of hydrogen-bond donors (Lipinski definition) is 0. The Balaban J connectivity index is 1.51. The molecule has 2 aromatic rings. The Kier molecular flexibility index (Phi) is 8.93. The highest BCUT2D eigenvalue weighted by Crippen LogP contribution is 2.47. The molecule has 1 amide bonds. The SMILES string of the molecule is CCOC(=O)C1=C(c2ccccc2)N=C2SC=C(CC(=O)N3CCC[C@H](C(=O)OCC)C3)N2[C@H]1c1cccc(C)c1. The number of benzene rings is 2. The number of amidine groups is 1. The van der Waals surface area contributed by atoms with Gasteiger partial charge in [0.2, 0.25) is 5.91 Å². The molecule has 1 fully saturated rings. The van der Waals surface area contributed by atoms with Crippen LogP contribution in [0.2, 0.25) is 0 Å². The van der Waals surface area contributed by atoms with Gasteiger partial charge in [0.25, 0.3) is 0 Å². The van der Waals surface area contributed by atoms with E-state index in [1.165, 1.54) is 11.8 Å². The number of thioether (sulfide) groups is 1. The number of likely N-dealkylation sites (tertiary alicyclic amines) is 1. The summed E-state index contributed by atoms with van der Waals surface area (Å²) in [4.78, 5) is 48.4. The highest BCUT2D eigenvalue weighted by molar-refractivity contribution is 8.16. The number of carbonyl (C=O) groups is 3. The van der Waals surface area contributed by atoms with Crippen LogP contribution in [0.15, 0.2) is 76.3 Å². The van der Waals surface area contributed by atoms with E-state index in [2.05, 4.69) is 6.07 Å². The summed E-state index contributed by atoms with van der Waals surface area (Å²) in [5.74, 6) is -1.05. The van der Waals surface area contributed by atoms with Gasteiger partial charge in [0.15, 0.2) is 5.17 Å². The molecule has 8 nitrogen and oxygen atoms in total. The molecule has 0 saturated carbocycles. The Labute approximate surface area is 245 Å². The van der Waals surface area contributed by atoms with Crippen molar-refractivity contribution in [1.82, 2.24) is 9.80 Å². The zero-order valence-corrected chi connectivity index (χ0v) is 24.5. The molecule has 0 radical (unpaired) electrons. The number of piperidine rings is 1. The molecule has 0 aromatic heterocycles. The minimum Gasteiger partial charge on any atom is -0.466 e. The van der Waals surface area contributed by atoms with E-state index in [1.54, 1.807) is 18.7 Å². The molecule has 3 heterocycles. The van der Waals surface area contributed by atoms with Crippen LogP contribution >= 0.6 is 11.8 Å². The lowest BCUT2D eigenvalue weighted by Crippen LogP contribution is -2.44. The van der Waals surface area contributed by atoms with E-state index < -0.39 is 12.0 Å². The van der Waals surface area contributed by atoms with Crippen molar-refractivity contribution in [1.29, 1.82) is 0 Å². The maximum atomic E-state index is 13.6. The Morgan fingerprint density at radius 1 is 1.02 bits per heavy atom. The lowest BCUT2D eigenvalue weighted by atomic mass is 9.90. The third-order valence-corrected chi connectivity index (χ3v) is 8.33. The highest BCUT2D eigenvalue weighted by Gasteiger charge is 2.43. The second kappa shape index (κ2) is 12.8. The minimum absolute atomic E-state index is 0.0642. The van der Waals surface area contributed by atoms with Crippen LogP contribution in [0.4, 0.5) is 0 Å². The summed E-state index contributed by atoms with van der Waals surface area (Å²) in [5, 5.41) is 2.65. The van der Waals surface area contributed by atoms with Crippen molar-refractivity contribution in [2.45, 2.75) is 46.1 Å². The number of nitrogens with zero attached hydrogens (tertiary/aromatic N) is 3. The van der Waals surface area contributed by atoms with Gasteiger partial charge in [0.1, 0.15) is 0 Å². The lowest BCUT2D eigenvalue weighted by molar-refractivity contribution is -0.151. The summed E-state index contributed by atoms with van der Waals surface area (Å²) in [6, 6.07) is 17.2. The van der Waals surface area contributed by atoms with Crippen molar-refractivity contribution in [2.75, 3.05) is 26.3 Å². The van der Waals surface area contributed by atoms with E-state index in [1.807, 2.05) is 65.8 Å². The van der Waals surface area contributed by atoms with Crippen molar-refractivity contribution >= 4 is 40.5 Å². The number of amides is 1. The van der Waals surface area contributed by atoms with Gasteiger partial charge in [-0.3, -0.25) is 9.59 Å². The Morgan fingerprint density at radius 2 is 1.80 bits per heavy atom. The molecule has 5 rings (SSSR count). The standard InChI is InChI=1S/C32H35N3O5S/c1-4-39-30(37)24-15-10-16-34(19-24)26(36)18-25-20-41-32-33-28(22-12-7-6-8-13-22)27(31(38)40-5-2)29(35(25)32)23-14-9-11-21(3)17-23/h6-9,11-14,17,20,24,29H,4-5,10,15-16,18-19H2,1-3H3/t24-,29-/m0/s1. The fourth-order valence-corrected chi connectivity index (χ4v) is 6.49. The molecule has 0 bridgehead atoms. The van der Waals surface area contributed by atoms with Crippen LogP contribution in [0, 0.1) is 12.8 Å². The quantitative estimate of drug-likeness (QED) is 0.388. The number of fused-ring (bicyclic) bond motifs is 1. The van der Waals surface area contributed by atoms with Crippen LogP contribution in [0.5, 0.6) is 0 Å². The van der Waals surface area contributed by atoms with Gasteiger partial charge < -0.3 is 19.3 Å².